The first kappa shape index (κ1) is 23.1. The Morgan fingerprint density at radius 2 is 1.94 bits per heavy atom. The number of amides is 1. The molecule has 10 heteroatoms. The topological polar surface area (TPSA) is 166 Å². The maximum atomic E-state index is 12.2. The number of hydrogen-bond acceptors (Lipinski definition) is 8. The molecule has 1 fully saturated rings. The number of ether oxygens (including phenoxy) is 1. The summed E-state index contributed by atoms with van der Waals surface area (Å²) in [5.74, 6) is -0.148. The minimum absolute atomic E-state index is 0.0447. The van der Waals surface area contributed by atoms with Gasteiger partial charge < -0.3 is 21.1 Å². The van der Waals surface area contributed by atoms with E-state index in [1.54, 1.807) is 12.1 Å². The van der Waals surface area contributed by atoms with Crippen LogP contribution in [-0.4, -0.2) is 42.5 Å². The summed E-state index contributed by atoms with van der Waals surface area (Å²) < 4.78 is 5.53. The van der Waals surface area contributed by atoms with E-state index in [-0.39, 0.29) is 24.1 Å². The molecule has 1 aliphatic rings. The van der Waals surface area contributed by atoms with Crippen LogP contribution in [0, 0.1) is 28.1 Å². The summed E-state index contributed by atoms with van der Waals surface area (Å²) in [6.45, 7) is 2.87. The van der Waals surface area contributed by atoms with Crippen LogP contribution in [0.15, 0.2) is 35.4 Å². The van der Waals surface area contributed by atoms with Crippen LogP contribution in [0.3, 0.4) is 0 Å². The Balaban J connectivity index is 1.98. The van der Waals surface area contributed by atoms with E-state index in [9.17, 15) is 15.3 Å². The van der Waals surface area contributed by atoms with Gasteiger partial charge in [-0.15, -0.1) is 0 Å². The Bertz CT molecular complexity index is 1100. The van der Waals surface area contributed by atoms with Crippen LogP contribution < -0.4 is 16.4 Å². The monoisotopic (exact) mass is 449 g/mol. The van der Waals surface area contributed by atoms with Crippen LogP contribution in [0.4, 0.5) is 5.82 Å². The number of thioether (sulfide) groups is 1. The lowest BCUT2D eigenvalue weighted by atomic mass is 10.0. The van der Waals surface area contributed by atoms with E-state index in [0.29, 0.717) is 47.0 Å². The second-order valence-electron chi connectivity index (χ2n) is 7.22. The number of nitriles is 2. The highest BCUT2D eigenvalue weighted by Crippen LogP contribution is 2.40. The maximum Gasteiger partial charge on any atom is 0.235 e. The normalized spacial score (nSPS) is 14.2. The van der Waals surface area contributed by atoms with Gasteiger partial charge in [-0.05, 0) is 17.5 Å². The zero-order chi connectivity index (χ0) is 23.3. The second-order valence-corrected chi connectivity index (χ2v) is 8.31. The molecule has 1 unspecified atom stereocenters. The summed E-state index contributed by atoms with van der Waals surface area (Å²) in [7, 11) is 0. The molecular weight excluding hydrogens is 426 g/mol. The van der Waals surface area contributed by atoms with Crippen LogP contribution >= 0.6 is 11.8 Å². The molecule has 2 heterocycles. The Morgan fingerprint density at radius 1 is 1.28 bits per heavy atom. The van der Waals surface area contributed by atoms with Gasteiger partial charge in [-0.2, -0.15) is 10.5 Å². The van der Waals surface area contributed by atoms with Gasteiger partial charge in [0.25, 0.3) is 0 Å². The minimum atomic E-state index is -0.732. The smallest absolute Gasteiger partial charge is 0.235 e. The van der Waals surface area contributed by atoms with Crippen molar-refractivity contribution in [2.24, 2.45) is 11.5 Å². The molecule has 2 aromatic rings. The predicted octanol–water partition coefficient (Wildman–Crippen LogP) is 1.85. The average Bonchev–Trinajstić information content (AvgIpc) is 2.75. The molecule has 0 saturated carbocycles. The third-order valence-corrected chi connectivity index (χ3v) is 6.30. The van der Waals surface area contributed by atoms with Crippen LogP contribution in [0.1, 0.15) is 34.4 Å². The third kappa shape index (κ3) is 4.83. The van der Waals surface area contributed by atoms with Gasteiger partial charge in [0.15, 0.2) is 0 Å². The molecular formula is C22H23N7O2S. The van der Waals surface area contributed by atoms with Crippen LogP contribution in [0.2, 0.25) is 0 Å². The molecule has 32 heavy (non-hydrogen) atoms. The number of nitrogens with two attached hydrogens (primary N) is 2. The average molecular weight is 450 g/mol. The molecule has 1 aliphatic heterocycles. The highest BCUT2D eigenvalue weighted by molar-refractivity contribution is 8.00. The molecule has 164 valence electrons. The third-order valence-electron chi connectivity index (χ3n) is 5.04. The summed E-state index contributed by atoms with van der Waals surface area (Å²) >= 11 is 1.11. The first-order valence-electron chi connectivity index (χ1n) is 9.96. The standard InChI is InChI=1S/C22H23N7O2S/c1-2-15-16(8-23)21(29-10-14(11-29)31-12-18(25)26)28-22(17(15)9-24)32-19(20(27)30)13-6-4-3-5-7-13/h3-7,14,19H,2,10-12H2,1H3,(H3,25,26)(H2,27,30). The van der Waals surface area contributed by atoms with E-state index in [1.807, 2.05) is 30.0 Å². The Hall–Kier alpha value is -3.60. The van der Waals surface area contributed by atoms with Crippen molar-refractivity contribution in [2.75, 3.05) is 24.6 Å². The van der Waals surface area contributed by atoms with Gasteiger partial charge in [0.1, 0.15) is 40.7 Å². The molecule has 0 aliphatic carbocycles. The zero-order valence-corrected chi connectivity index (χ0v) is 18.4. The number of carbonyl (C=O) groups is 1. The molecule has 3 rings (SSSR count). The van der Waals surface area contributed by atoms with Crippen molar-refractivity contribution >= 4 is 29.3 Å². The summed E-state index contributed by atoms with van der Waals surface area (Å²) in [6, 6.07) is 13.4. The summed E-state index contributed by atoms with van der Waals surface area (Å²) in [4.78, 5) is 18.7. The number of pyridine rings is 1. The Labute approximate surface area is 190 Å². The predicted molar refractivity (Wildman–Crippen MR) is 121 cm³/mol. The molecule has 1 aromatic carbocycles. The lowest BCUT2D eigenvalue weighted by Crippen LogP contribution is -2.53. The molecule has 0 spiro atoms. The van der Waals surface area contributed by atoms with Crippen molar-refractivity contribution < 1.29 is 9.53 Å². The van der Waals surface area contributed by atoms with Crippen molar-refractivity contribution in [1.82, 2.24) is 4.98 Å². The number of anilines is 1. The van der Waals surface area contributed by atoms with Gasteiger partial charge in [-0.1, -0.05) is 49.0 Å². The Kier molecular flexibility index (Phi) is 7.31. The number of hydrogen-bond donors (Lipinski definition) is 3. The number of carbonyl (C=O) groups excluding carboxylic acids is 1. The Morgan fingerprint density at radius 3 is 2.47 bits per heavy atom. The fourth-order valence-electron chi connectivity index (χ4n) is 3.45. The van der Waals surface area contributed by atoms with E-state index in [4.69, 9.17) is 21.6 Å². The van der Waals surface area contributed by atoms with Gasteiger partial charge in [-0.25, -0.2) is 4.98 Å². The highest BCUT2D eigenvalue weighted by Gasteiger charge is 2.33. The van der Waals surface area contributed by atoms with Gasteiger partial charge >= 0.3 is 0 Å². The molecule has 9 nitrogen and oxygen atoms in total. The quantitative estimate of drug-likeness (QED) is 0.296. The van der Waals surface area contributed by atoms with Crippen molar-refractivity contribution in [1.29, 1.82) is 15.9 Å². The molecule has 0 bridgehead atoms. The summed E-state index contributed by atoms with van der Waals surface area (Å²) in [6.07, 6.45) is 0.325. The summed E-state index contributed by atoms with van der Waals surface area (Å²) in [5, 5.41) is 26.6. The number of nitrogens with zero attached hydrogens (tertiary/aromatic N) is 4. The van der Waals surface area contributed by atoms with Crippen molar-refractivity contribution in [3.8, 4) is 12.1 Å². The zero-order valence-electron chi connectivity index (χ0n) is 17.5. The number of amidine groups is 1. The van der Waals surface area contributed by atoms with E-state index < -0.39 is 11.2 Å². The van der Waals surface area contributed by atoms with Gasteiger partial charge in [0.05, 0.1) is 17.2 Å². The number of nitrogens with one attached hydrogen (secondary N) is 1. The molecule has 1 saturated heterocycles. The number of aromatic nitrogens is 1. The number of primary amides is 1. The van der Waals surface area contributed by atoms with Crippen LogP contribution in [0.5, 0.6) is 0 Å². The van der Waals surface area contributed by atoms with E-state index in [2.05, 4.69) is 17.1 Å². The van der Waals surface area contributed by atoms with E-state index in [0.717, 1.165) is 11.8 Å². The van der Waals surface area contributed by atoms with Gasteiger partial charge in [0.2, 0.25) is 5.91 Å². The van der Waals surface area contributed by atoms with E-state index in [1.165, 1.54) is 0 Å². The van der Waals surface area contributed by atoms with Gasteiger partial charge in [-0.3, -0.25) is 10.2 Å². The van der Waals surface area contributed by atoms with Crippen molar-refractivity contribution in [3.63, 3.8) is 0 Å². The van der Waals surface area contributed by atoms with E-state index >= 15 is 0 Å². The van der Waals surface area contributed by atoms with Crippen LogP contribution in [0.25, 0.3) is 0 Å². The first-order chi connectivity index (χ1) is 15.4. The maximum absolute atomic E-state index is 12.2. The molecule has 1 amide bonds. The second kappa shape index (κ2) is 10.1. The van der Waals surface area contributed by atoms with Gasteiger partial charge in [0, 0.05) is 13.1 Å². The summed E-state index contributed by atoms with van der Waals surface area (Å²) in [5.41, 5.74) is 12.9. The minimum Gasteiger partial charge on any atom is -0.386 e. The number of benzene rings is 1. The first-order valence-corrected chi connectivity index (χ1v) is 10.8. The largest absolute Gasteiger partial charge is 0.386 e. The molecule has 5 N–H and O–H groups in total. The molecule has 1 aromatic heterocycles. The number of rotatable bonds is 9. The van der Waals surface area contributed by atoms with Crippen LogP contribution in [-0.2, 0) is 16.0 Å². The lowest BCUT2D eigenvalue weighted by molar-refractivity contribution is -0.117. The highest BCUT2D eigenvalue weighted by atomic mass is 32.2. The SMILES string of the molecule is CCc1c(C#N)c(SC(C(N)=O)c2ccccc2)nc(N2CC(OCC(=N)N)C2)c1C#N. The van der Waals surface area contributed by atoms with Crippen molar-refractivity contribution in [3.05, 3.63) is 52.6 Å². The molecule has 1 atom stereocenters. The van der Waals surface area contributed by atoms with Crippen molar-refractivity contribution in [2.45, 2.75) is 29.7 Å². The lowest BCUT2D eigenvalue weighted by Gasteiger charge is -2.40. The fraction of sp³-hybridized carbons (Fsp3) is 0.318. The fourth-order valence-corrected chi connectivity index (χ4v) is 4.51. The molecule has 0 radical (unpaired) electrons.